The lowest BCUT2D eigenvalue weighted by Crippen LogP contribution is -2.42. The van der Waals surface area contributed by atoms with E-state index in [1.54, 1.807) is 13.8 Å². The van der Waals surface area contributed by atoms with Gasteiger partial charge >= 0.3 is 6.18 Å². The van der Waals surface area contributed by atoms with E-state index in [0.717, 1.165) is 6.42 Å². The SMILES string of the molecule is CC(C)CCOC(C)(C)C(=O)C1CCC(C(F)(F)F)CC1. The second kappa shape index (κ2) is 7.12. The third kappa shape index (κ3) is 5.61. The zero-order valence-electron chi connectivity index (χ0n) is 13.4. The van der Waals surface area contributed by atoms with Crippen molar-refractivity contribution in [2.75, 3.05) is 6.61 Å². The third-order valence-corrected chi connectivity index (χ3v) is 4.31. The van der Waals surface area contributed by atoms with E-state index in [9.17, 15) is 18.0 Å². The molecule has 0 N–H and O–H groups in total. The van der Waals surface area contributed by atoms with Crippen molar-refractivity contribution in [3.63, 3.8) is 0 Å². The highest BCUT2D eigenvalue weighted by atomic mass is 19.4. The normalized spacial score (nSPS) is 24.4. The molecule has 1 aliphatic rings. The summed E-state index contributed by atoms with van der Waals surface area (Å²) in [6.07, 6.45) is -2.50. The fraction of sp³-hybridized carbons (Fsp3) is 0.938. The Hall–Kier alpha value is -0.580. The van der Waals surface area contributed by atoms with Crippen LogP contribution >= 0.6 is 0 Å². The number of ether oxygens (including phenoxy) is 1. The number of hydrogen-bond acceptors (Lipinski definition) is 2. The van der Waals surface area contributed by atoms with Gasteiger partial charge < -0.3 is 4.74 Å². The molecule has 0 bridgehead atoms. The third-order valence-electron chi connectivity index (χ3n) is 4.31. The summed E-state index contributed by atoms with van der Waals surface area (Å²) in [5.41, 5.74) is -0.898. The number of hydrogen-bond donors (Lipinski definition) is 0. The van der Waals surface area contributed by atoms with Gasteiger partial charge in [-0.15, -0.1) is 0 Å². The van der Waals surface area contributed by atoms with Gasteiger partial charge in [0.05, 0.1) is 5.92 Å². The standard InChI is InChI=1S/C16H27F3O2/c1-11(2)9-10-21-15(3,4)14(20)12-5-7-13(8-6-12)16(17,18)19/h11-13H,5-10H2,1-4H3. The number of rotatable bonds is 6. The molecule has 1 fully saturated rings. The first-order valence-corrected chi connectivity index (χ1v) is 7.79. The summed E-state index contributed by atoms with van der Waals surface area (Å²) in [4.78, 5) is 12.4. The van der Waals surface area contributed by atoms with E-state index in [-0.39, 0.29) is 24.5 Å². The zero-order valence-corrected chi connectivity index (χ0v) is 13.4. The van der Waals surface area contributed by atoms with Crippen molar-refractivity contribution in [1.29, 1.82) is 0 Å². The maximum atomic E-state index is 12.6. The van der Waals surface area contributed by atoms with E-state index < -0.39 is 17.7 Å². The fourth-order valence-corrected chi connectivity index (χ4v) is 2.80. The quantitative estimate of drug-likeness (QED) is 0.707. The van der Waals surface area contributed by atoms with E-state index >= 15 is 0 Å². The van der Waals surface area contributed by atoms with Crippen LogP contribution in [0.3, 0.4) is 0 Å². The number of halogens is 3. The van der Waals surface area contributed by atoms with Crippen molar-refractivity contribution < 1.29 is 22.7 Å². The summed E-state index contributed by atoms with van der Waals surface area (Å²) < 4.78 is 43.6. The predicted octanol–water partition coefficient (Wildman–Crippen LogP) is 4.77. The van der Waals surface area contributed by atoms with Gasteiger partial charge in [-0.05, 0) is 51.9 Å². The van der Waals surface area contributed by atoms with E-state index in [0.29, 0.717) is 25.4 Å². The van der Waals surface area contributed by atoms with Crippen LogP contribution in [0, 0.1) is 17.8 Å². The van der Waals surface area contributed by atoms with Gasteiger partial charge in [-0.1, -0.05) is 13.8 Å². The topological polar surface area (TPSA) is 26.3 Å². The monoisotopic (exact) mass is 308 g/mol. The molecule has 0 atom stereocenters. The first-order chi connectivity index (χ1) is 9.54. The molecule has 1 aliphatic carbocycles. The molecule has 0 radical (unpaired) electrons. The number of carbonyl (C=O) groups is 1. The highest BCUT2D eigenvalue weighted by Gasteiger charge is 2.44. The predicted molar refractivity (Wildman–Crippen MR) is 76.0 cm³/mol. The molecule has 0 aromatic heterocycles. The van der Waals surface area contributed by atoms with Crippen molar-refractivity contribution in [2.45, 2.75) is 71.6 Å². The van der Waals surface area contributed by atoms with Crippen LogP contribution in [0.25, 0.3) is 0 Å². The van der Waals surface area contributed by atoms with Crippen LogP contribution in [0.1, 0.15) is 59.8 Å². The van der Waals surface area contributed by atoms with Crippen molar-refractivity contribution in [1.82, 2.24) is 0 Å². The van der Waals surface area contributed by atoms with Gasteiger partial charge in [0.25, 0.3) is 0 Å². The van der Waals surface area contributed by atoms with E-state index in [1.807, 2.05) is 0 Å². The van der Waals surface area contributed by atoms with E-state index in [4.69, 9.17) is 4.74 Å². The molecule has 0 unspecified atom stereocenters. The van der Waals surface area contributed by atoms with Crippen molar-refractivity contribution in [3.05, 3.63) is 0 Å². The molecular formula is C16H27F3O2. The van der Waals surface area contributed by atoms with E-state index in [2.05, 4.69) is 13.8 Å². The Morgan fingerprint density at radius 2 is 1.67 bits per heavy atom. The van der Waals surface area contributed by atoms with Gasteiger partial charge in [0, 0.05) is 12.5 Å². The minimum absolute atomic E-state index is 0.0492. The summed E-state index contributed by atoms with van der Waals surface area (Å²) in [6, 6.07) is 0. The number of Topliss-reactive ketones (excluding diaryl/α,β-unsaturated/α-hetero) is 1. The van der Waals surface area contributed by atoms with Crippen LogP contribution in [-0.4, -0.2) is 24.2 Å². The fourth-order valence-electron chi connectivity index (χ4n) is 2.80. The second-order valence-corrected chi connectivity index (χ2v) is 7.00. The molecule has 2 nitrogen and oxygen atoms in total. The Bertz CT molecular complexity index is 340. The van der Waals surface area contributed by atoms with Crippen LogP contribution in [-0.2, 0) is 9.53 Å². The maximum Gasteiger partial charge on any atom is 0.391 e. The minimum Gasteiger partial charge on any atom is -0.368 e. The average molecular weight is 308 g/mol. The van der Waals surface area contributed by atoms with Gasteiger partial charge in [-0.3, -0.25) is 4.79 Å². The number of ketones is 1. The molecule has 5 heteroatoms. The Labute approximate surface area is 125 Å². The Morgan fingerprint density at radius 1 is 1.14 bits per heavy atom. The van der Waals surface area contributed by atoms with Gasteiger partial charge in [-0.25, -0.2) is 0 Å². The Balaban J connectivity index is 2.48. The highest BCUT2D eigenvalue weighted by molar-refractivity contribution is 5.88. The molecule has 0 heterocycles. The first-order valence-electron chi connectivity index (χ1n) is 7.79. The van der Waals surface area contributed by atoms with Crippen LogP contribution < -0.4 is 0 Å². The smallest absolute Gasteiger partial charge is 0.368 e. The minimum atomic E-state index is -4.13. The molecule has 1 saturated carbocycles. The highest BCUT2D eigenvalue weighted by Crippen LogP contribution is 2.40. The number of carbonyl (C=O) groups excluding carboxylic acids is 1. The van der Waals surface area contributed by atoms with Crippen molar-refractivity contribution in [3.8, 4) is 0 Å². The Kier molecular flexibility index (Phi) is 6.26. The van der Waals surface area contributed by atoms with Crippen LogP contribution in [0.4, 0.5) is 13.2 Å². The summed E-state index contributed by atoms with van der Waals surface area (Å²) in [7, 11) is 0. The lowest BCUT2D eigenvalue weighted by Gasteiger charge is -2.33. The van der Waals surface area contributed by atoms with Gasteiger partial charge in [0.2, 0.25) is 0 Å². The van der Waals surface area contributed by atoms with Crippen LogP contribution in [0.15, 0.2) is 0 Å². The summed E-state index contributed by atoms with van der Waals surface area (Å²) in [6.45, 7) is 8.12. The molecule has 1 rings (SSSR count). The maximum absolute atomic E-state index is 12.6. The largest absolute Gasteiger partial charge is 0.391 e. The van der Waals surface area contributed by atoms with Gasteiger partial charge in [0.1, 0.15) is 5.60 Å². The average Bonchev–Trinajstić information content (AvgIpc) is 2.36. The number of alkyl halides is 3. The first kappa shape index (κ1) is 18.5. The van der Waals surface area contributed by atoms with Crippen molar-refractivity contribution in [2.24, 2.45) is 17.8 Å². The van der Waals surface area contributed by atoms with Crippen molar-refractivity contribution >= 4 is 5.78 Å². The van der Waals surface area contributed by atoms with Crippen LogP contribution in [0.5, 0.6) is 0 Å². The molecule has 0 aromatic rings. The van der Waals surface area contributed by atoms with Gasteiger partial charge in [0.15, 0.2) is 5.78 Å². The molecule has 0 amide bonds. The lowest BCUT2D eigenvalue weighted by atomic mass is 9.76. The summed E-state index contributed by atoms with van der Waals surface area (Å²) in [5, 5.41) is 0. The molecule has 0 aliphatic heterocycles. The van der Waals surface area contributed by atoms with E-state index in [1.165, 1.54) is 0 Å². The zero-order chi connectivity index (χ0) is 16.3. The molecule has 0 aromatic carbocycles. The molecule has 124 valence electrons. The molecule has 0 saturated heterocycles. The lowest BCUT2D eigenvalue weighted by molar-refractivity contribution is -0.185. The van der Waals surface area contributed by atoms with Gasteiger partial charge in [-0.2, -0.15) is 13.2 Å². The molecular weight excluding hydrogens is 281 g/mol. The molecule has 21 heavy (non-hydrogen) atoms. The Morgan fingerprint density at radius 3 is 2.10 bits per heavy atom. The molecule has 0 spiro atoms. The second-order valence-electron chi connectivity index (χ2n) is 7.00. The summed E-state index contributed by atoms with van der Waals surface area (Å²) >= 11 is 0. The summed E-state index contributed by atoms with van der Waals surface area (Å²) in [5.74, 6) is -1.09. The van der Waals surface area contributed by atoms with Crippen LogP contribution in [0.2, 0.25) is 0 Å².